The number of rotatable bonds is 2. The van der Waals surface area contributed by atoms with E-state index < -0.39 is 0 Å². The van der Waals surface area contributed by atoms with Gasteiger partial charge in [0.1, 0.15) is 0 Å². The summed E-state index contributed by atoms with van der Waals surface area (Å²) in [7, 11) is 0. The van der Waals surface area contributed by atoms with Crippen molar-refractivity contribution in [2.24, 2.45) is 0 Å². The number of thioether (sulfide) groups is 1. The third kappa shape index (κ3) is 2.27. The Morgan fingerprint density at radius 3 is 3.10 bits per heavy atom. The molecule has 0 aliphatic carbocycles. The minimum absolute atomic E-state index is 0.162. The van der Waals surface area contributed by atoms with Gasteiger partial charge in [-0.05, 0) is 12.1 Å². The Morgan fingerprint density at radius 1 is 1.80 bits per heavy atom. The van der Waals surface area contributed by atoms with Crippen molar-refractivity contribution in [3.05, 3.63) is 24.0 Å². The molecule has 10 heavy (non-hydrogen) atoms. The Kier molecular flexibility index (Phi) is 2.57. The average molecular weight is 155 g/mol. The van der Waals surface area contributed by atoms with E-state index in [4.69, 9.17) is 0 Å². The first-order valence-corrected chi connectivity index (χ1v) is 4.03. The lowest BCUT2D eigenvalue weighted by molar-refractivity contribution is -0.109. The molecule has 0 unspecified atom stereocenters. The monoisotopic (exact) mass is 155 g/mol. The zero-order valence-corrected chi connectivity index (χ0v) is 6.57. The second-order valence-electron chi connectivity index (χ2n) is 1.98. The van der Waals surface area contributed by atoms with E-state index in [0.29, 0.717) is 0 Å². The molecule has 0 amide bonds. The van der Waals surface area contributed by atoms with E-state index in [9.17, 15) is 4.79 Å². The maximum absolute atomic E-state index is 10.5. The fraction of sp³-hybridized carbons (Fsp3) is 0.286. The van der Waals surface area contributed by atoms with Crippen LogP contribution in [-0.4, -0.2) is 10.1 Å². The molecule has 0 atom stereocenters. The molecule has 0 spiro atoms. The van der Waals surface area contributed by atoms with E-state index >= 15 is 0 Å². The van der Waals surface area contributed by atoms with Crippen LogP contribution in [-0.2, 0) is 10.5 Å². The van der Waals surface area contributed by atoms with Gasteiger partial charge in [0, 0.05) is 24.6 Å². The maximum atomic E-state index is 10.5. The summed E-state index contributed by atoms with van der Waals surface area (Å²) in [5, 5.41) is 0.162. The minimum atomic E-state index is 0.162. The zero-order valence-electron chi connectivity index (χ0n) is 5.76. The van der Waals surface area contributed by atoms with Gasteiger partial charge in [0.05, 0.1) is 0 Å². The molecule has 0 saturated heterocycles. The van der Waals surface area contributed by atoms with E-state index in [0.717, 1.165) is 11.4 Å². The fourth-order valence-corrected chi connectivity index (χ4v) is 1.18. The standard InChI is InChI=1S/C7H9NOS/c1-6(9)10-5-7-3-2-4-8-7/h2-4,8H,5H2,1H3. The highest BCUT2D eigenvalue weighted by atomic mass is 32.2. The summed E-state index contributed by atoms with van der Waals surface area (Å²) in [5.41, 5.74) is 1.10. The number of aromatic amines is 1. The molecule has 1 aromatic heterocycles. The van der Waals surface area contributed by atoms with Gasteiger partial charge in [-0.1, -0.05) is 11.8 Å². The van der Waals surface area contributed by atoms with Crippen molar-refractivity contribution >= 4 is 16.9 Å². The number of aromatic nitrogens is 1. The van der Waals surface area contributed by atoms with Gasteiger partial charge in [-0.15, -0.1) is 0 Å². The molecule has 0 aliphatic rings. The number of H-pyrrole nitrogens is 1. The van der Waals surface area contributed by atoms with Crippen molar-refractivity contribution in [3.8, 4) is 0 Å². The molecule has 0 radical (unpaired) electrons. The lowest BCUT2D eigenvalue weighted by Gasteiger charge is -1.91. The van der Waals surface area contributed by atoms with E-state index in [1.807, 2.05) is 18.3 Å². The van der Waals surface area contributed by atoms with Crippen molar-refractivity contribution in [1.29, 1.82) is 0 Å². The van der Waals surface area contributed by atoms with Crippen molar-refractivity contribution < 1.29 is 4.79 Å². The Labute approximate surface area is 64.0 Å². The highest BCUT2D eigenvalue weighted by Gasteiger charge is 1.95. The summed E-state index contributed by atoms with van der Waals surface area (Å²) in [6.07, 6.45) is 1.86. The summed E-state index contributed by atoms with van der Waals surface area (Å²) in [6, 6.07) is 3.89. The molecular weight excluding hydrogens is 146 g/mol. The van der Waals surface area contributed by atoms with Crippen LogP contribution in [0.2, 0.25) is 0 Å². The van der Waals surface area contributed by atoms with Gasteiger partial charge in [-0.2, -0.15) is 0 Å². The Bertz CT molecular complexity index is 205. The van der Waals surface area contributed by atoms with Crippen LogP contribution in [0.25, 0.3) is 0 Å². The molecule has 1 aromatic rings. The third-order valence-corrected chi connectivity index (χ3v) is 1.96. The summed E-state index contributed by atoms with van der Waals surface area (Å²) >= 11 is 1.32. The molecule has 1 rings (SSSR count). The molecule has 1 N–H and O–H groups in total. The Hall–Kier alpha value is -0.700. The lowest BCUT2D eigenvalue weighted by atomic mass is 10.5. The predicted octanol–water partition coefficient (Wildman–Crippen LogP) is 1.79. The van der Waals surface area contributed by atoms with Crippen molar-refractivity contribution in [3.63, 3.8) is 0 Å². The quantitative estimate of drug-likeness (QED) is 0.706. The van der Waals surface area contributed by atoms with Crippen molar-refractivity contribution in [2.45, 2.75) is 12.7 Å². The number of carbonyl (C=O) groups excluding carboxylic acids is 1. The van der Waals surface area contributed by atoms with Gasteiger partial charge in [0.25, 0.3) is 0 Å². The van der Waals surface area contributed by atoms with Crippen LogP contribution >= 0.6 is 11.8 Å². The first kappa shape index (κ1) is 7.41. The number of nitrogens with one attached hydrogen (secondary N) is 1. The number of hydrogen-bond acceptors (Lipinski definition) is 2. The fourth-order valence-electron chi connectivity index (χ4n) is 0.637. The highest BCUT2D eigenvalue weighted by Crippen LogP contribution is 2.09. The highest BCUT2D eigenvalue weighted by molar-refractivity contribution is 8.12. The van der Waals surface area contributed by atoms with Crippen LogP contribution in [0.5, 0.6) is 0 Å². The third-order valence-electron chi connectivity index (χ3n) is 1.09. The second kappa shape index (κ2) is 3.46. The van der Waals surface area contributed by atoms with Gasteiger partial charge in [0.2, 0.25) is 0 Å². The number of carbonyl (C=O) groups is 1. The van der Waals surface area contributed by atoms with E-state index in [1.54, 1.807) is 6.92 Å². The SMILES string of the molecule is CC(=O)SCc1ccc[nH]1. The van der Waals surface area contributed by atoms with E-state index in [-0.39, 0.29) is 5.12 Å². The minimum Gasteiger partial charge on any atom is -0.364 e. The van der Waals surface area contributed by atoms with Crippen LogP contribution in [0, 0.1) is 0 Å². The summed E-state index contributed by atoms with van der Waals surface area (Å²) in [4.78, 5) is 13.5. The predicted molar refractivity (Wildman–Crippen MR) is 42.8 cm³/mol. The van der Waals surface area contributed by atoms with Gasteiger partial charge in [-0.25, -0.2) is 0 Å². The molecule has 0 aliphatic heterocycles. The number of hydrogen-bond donors (Lipinski definition) is 1. The van der Waals surface area contributed by atoms with Crippen molar-refractivity contribution in [1.82, 2.24) is 4.98 Å². The van der Waals surface area contributed by atoms with E-state index in [2.05, 4.69) is 4.98 Å². The largest absolute Gasteiger partial charge is 0.364 e. The molecule has 0 saturated carbocycles. The lowest BCUT2D eigenvalue weighted by Crippen LogP contribution is -1.84. The van der Waals surface area contributed by atoms with Crippen LogP contribution in [0.15, 0.2) is 18.3 Å². The van der Waals surface area contributed by atoms with Gasteiger partial charge in [0.15, 0.2) is 5.12 Å². The molecular formula is C7H9NOS. The smallest absolute Gasteiger partial charge is 0.186 e. The molecule has 0 aromatic carbocycles. The van der Waals surface area contributed by atoms with Crippen molar-refractivity contribution in [2.75, 3.05) is 0 Å². The molecule has 2 nitrogen and oxygen atoms in total. The Balaban J connectivity index is 2.35. The zero-order chi connectivity index (χ0) is 7.40. The van der Waals surface area contributed by atoms with Gasteiger partial charge >= 0.3 is 0 Å². The average Bonchev–Trinajstić information content (AvgIpc) is 2.34. The van der Waals surface area contributed by atoms with E-state index in [1.165, 1.54) is 11.8 Å². The van der Waals surface area contributed by atoms with Gasteiger partial charge in [-0.3, -0.25) is 4.79 Å². The normalized spacial score (nSPS) is 9.70. The first-order chi connectivity index (χ1) is 4.79. The Morgan fingerprint density at radius 2 is 2.60 bits per heavy atom. The van der Waals surface area contributed by atoms with Crippen LogP contribution in [0.4, 0.5) is 0 Å². The molecule has 3 heteroatoms. The van der Waals surface area contributed by atoms with Crippen LogP contribution < -0.4 is 0 Å². The second-order valence-corrected chi connectivity index (χ2v) is 3.13. The van der Waals surface area contributed by atoms with Crippen LogP contribution in [0.3, 0.4) is 0 Å². The summed E-state index contributed by atoms with van der Waals surface area (Å²) in [5.74, 6) is 0.752. The topological polar surface area (TPSA) is 32.9 Å². The molecule has 54 valence electrons. The first-order valence-electron chi connectivity index (χ1n) is 3.04. The van der Waals surface area contributed by atoms with Gasteiger partial charge < -0.3 is 4.98 Å². The maximum Gasteiger partial charge on any atom is 0.186 e. The molecule has 0 fully saturated rings. The molecule has 1 heterocycles. The van der Waals surface area contributed by atoms with Crippen LogP contribution in [0.1, 0.15) is 12.6 Å². The summed E-state index contributed by atoms with van der Waals surface area (Å²) in [6.45, 7) is 1.58. The molecule has 0 bridgehead atoms. The summed E-state index contributed by atoms with van der Waals surface area (Å²) < 4.78 is 0.